The van der Waals surface area contributed by atoms with E-state index < -0.39 is 0 Å². The second-order valence-electron chi connectivity index (χ2n) is 11.2. The molecule has 10 rings (SSSR count). The van der Waals surface area contributed by atoms with Gasteiger partial charge in [0.15, 0.2) is 5.58 Å². The van der Waals surface area contributed by atoms with E-state index in [1.165, 1.54) is 0 Å². The first-order chi connectivity index (χ1) is 21.8. The van der Waals surface area contributed by atoms with Crippen molar-refractivity contribution in [1.29, 1.82) is 0 Å². The van der Waals surface area contributed by atoms with Gasteiger partial charge in [-0.3, -0.25) is 0 Å². The molecule has 0 amide bonds. The van der Waals surface area contributed by atoms with Crippen molar-refractivity contribution in [3.05, 3.63) is 134 Å². The maximum absolute atomic E-state index is 6.43. The predicted octanol–water partition coefficient (Wildman–Crippen LogP) is 11.4. The number of pyridine rings is 1. The summed E-state index contributed by atoms with van der Waals surface area (Å²) in [4.78, 5) is 7.17. The Morgan fingerprint density at radius 2 is 0.955 bits per heavy atom. The molecule has 0 N–H and O–H groups in total. The van der Waals surface area contributed by atoms with E-state index in [2.05, 4.69) is 83.8 Å². The molecule has 5 nitrogen and oxygen atoms in total. The minimum atomic E-state index is 0.734. The lowest BCUT2D eigenvalue weighted by Gasteiger charge is -2.25. The number of para-hydroxylation sites is 2. The van der Waals surface area contributed by atoms with Crippen molar-refractivity contribution in [2.75, 3.05) is 4.90 Å². The molecule has 0 saturated heterocycles. The van der Waals surface area contributed by atoms with Gasteiger partial charge in [-0.1, -0.05) is 60.7 Å². The Morgan fingerprint density at radius 1 is 0.386 bits per heavy atom. The minimum absolute atomic E-state index is 0.734. The van der Waals surface area contributed by atoms with Crippen LogP contribution in [0.5, 0.6) is 0 Å². The summed E-state index contributed by atoms with van der Waals surface area (Å²) in [6.07, 6.45) is 1.92. The highest BCUT2D eigenvalue weighted by Gasteiger charge is 2.20. The zero-order chi connectivity index (χ0) is 28.8. The van der Waals surface area contributed by atoms with Gasteiger partial charge in [0, 0.05) is 50.4 Å². The molecule has 0 bridgehead atoms. The van der Waals surface area contributed by atoms with Crippen LogP contribution in [0.1, 0.15) is 0 Å². The molecular weight excluding hydrogens is 544 g/mol. The number of benzene rings is 6. The van der Waals surface area contributed by atoms with E-state index >= 15 is 0 Å². The second-order valence-corrected chi connectivity index (χ2v) is 11.2. The van der Waals surface area contributed by atoms with Gasteiger partial charge >= 0.3 is 0 Å². The van der Waals surface area contributed by atoms with Gasteiger partial charge in [-0.25, -0.2) is 4.98 Å². The first kappa shape index (κ1) is 23.5. The molecule has 44 heavy (non-hydrogen) atoms. The lowest BCUT2D eigenvalue weighted by molar-refractivity contribution is 0.668. The van der Waals surface area contributed by atoms with Crippen LogP contribution in [-0.2, 0) is 0 Å². The number of aromatic nitrogens is 1. The topological polar surface area (TPSA) is 55.6 Å². The zero-order valence-electron chi connectivity index (χ0n) is 23.3. The number of anilines is 3. The number of hydrogen-bond acceptors (Lipinski definition) is 5. The van der Waals surface area contributed by atoms with Gasteiger partial charge in [0.1, 0.15) is 33.4 Å². The van der Waals surface area contributed by atoms with Crippen LogP contribution < -0.4 is 4.90 Å². The third-order valence-electron chi connectivity index (χ3n) is 8.66. The van der Waals surface area contributed by atoms with Crippen molar-refractivity contribution in [2.45, 2.75) is 0 Å². The van der Waals surface area contributed by atoms with Crippen LogP contribution in [-0.4, -0.2) is 4.98 Å². The van der Waals surface area contributed by atoms with Gasteiger partial charge in [0.25, 0.3) is 0 Å². The van der Waals surface area contributed by atoms with Crippen molar-refractivity contribution in [3.8, 4) is 0 Å². The molecule has 0 radical (unpaired) electrons. The van der Waals surface area contributed by atoms with Crippen molar-refractivity contribution >= 4 is 93.8 Å². The molecule has 0 saturated carbocycles. The number of nitrogens with zero attached hydrogens (tertiary/aromatic N) is 2. The number of rotatable bonds is 3. The number of fused-ring (bicyclic) bond motifs is 10. The highest BCUT2D eigenvalue weighted by Crippen LogP contribution is 2.42. The van der Waals surface area contributed by atoms with Crippen LogP contribution in [0.15, 0.2) is 147 Å². The second kappa shape index (κ2) is 8.72. The summed E-state index contributed by atoms with van der Waals surface area (Å²) < 4.78 is 18.9. The fourth-order valence-electron chi connectivity index (χ4n) is 6.60. The van der Waals surface area contributed by atoms with E-state index in [1.54, 1.807) is 0 Å². The van der Waals surface area contributed by atoms with Gasteiger partial charge in [-0.05, 0) is 65.4 Å². The van der Waals surface area contributed by atoms with E-state index in [0.717, 1.165) is 93.8 Å². The third-order valence-corrected chi connectivity index (χ3v) is 8.66. The highest BCUT2D eigenvalue weighted by molar-refractivity contribution is 6.10. The summed E-state index contributed by atoms with van der Waals surface area (Å²) in [6.45, 7) is 0. The molecule has 6 aromatic carbocycles. The summed E-state index contributed by atoms with van der Waals surface area (Å²) in [5.41, 5.74) is 8.62. The van der Waals surface area contributed by atoms with Gasteiger partial charge in [0.05, 0.1) is 11.9 Å². The van der Waals surface area contributed by atoms with Gasteiger partial charge in [-0.15, -0.1) is 0 Å². The first-order valence-corrected chi connectivity index (χ1v) is 14.6. The molecule has 4 aromatic heterocycles. The molecule has 4 heterocycles. The molecule has 0 aliphatic rings. The first-order valence-electron chi connectivity index (χ1n) is 14.6. The Balaban J connectivity index is 1.21. The molecule has 0 unspecified atom stereocenters. The quantitative estimate of drug-likeness (QED) is 0.213. The molecule has 10 aromatic rings. The Labute approximate surface area is 250 Å². The van der Waals surface area contributed by atoms with Crippen molar-refractivity contribution in [1.82, 2.24) is 4.98 Å². The Hall–Kier alpha value is -6.07. The Morgan fingerprint density at radius 3 is 1.80 bits per heavy atom. The standard InChI is InChI=1S/C39H22N2O3/c1-2-8-24-18-36-32(17-23(24)7-1)39-38(44-36)21-27(22-40-39)41(25-14-16-35-31(19-25)29-10-4-6-12-34(29)42-35)26-13-15-30-28-9-3-5-11-33(28)43-37(30)20-26/h1-22H. The summed E-state index contributed by atoms with van der Waals surface area (Å²) in [6, 6.07) is 43.6. The molecule has 0 atom stereocenters. The lowest BCUT2D eigenvalue weighted by atomic mass is 10.1. The predicted molar refractivity (Wildman–Crippen MR) is 178 cm³/mol. The van der Waals surface area contributed by atoms with Crippen molar-refractivity contribution < 1.29 is 13.3 Å². The van der Waals surface area contributed by atoms with Gasteiger partial charge < -0.3 is 18.2 Å². The molecular formula is C39H22N2O3. The van der Waals surface area contributed by atoms with E-state index in [1.807, 2.05) is 54.7 Å². The summed E-state index contributed by atoms with van der Waals surface area (Å²) >= 11 is 0. The third kappa shape index (κ3) is 3.38. The fraction of sp³-hybridized carbons (Fsp3) is 0. The summed E-state index contributed by atoms with van der Waals surface area (Å²) in [5.74, 6) is 0. The molecule has 0 aliphatic heterocycles. The van der Waals surface area contributed by atoms with Gasteiger partial charge in [0.2, 0.25) is 0 Å². The minimum Gasteiger partial charge on any atom is -0.456 e. The smallest absolute Gasteiger partial charge is 0.155 e. The SMILES string of the molecule is c1ccc2cc3c(cc2c1)oc1cc(N(c2ccc4c(c2)oc2ccccc24)c2ccc4oc5ccccc5c4c2)cnc13. The van der Waals surface area contributed by atoms with E-state index in [0.29, 0.717) is 0 Å². The van der Waals surface area contributed by atoms with Crippen LogP contribution >= 0.6 is 0 Å². The Bertz CT molecular complexity index is 2750. The Kier molecular flexibility index (Phi) is 4.66. The monoisotopic (exact) mass is 566 g/mol. The molecule has 206 valence electrons. The average Bonchev–Trinajstić information content (AvgIpc) is 3.74. The molecule has 5 heteroatoms. The van der Waals surface area contributed by atoms with Crippen LogP contribution in [0.4, 0.5) is 17.1 Å². The van der Waals surface area contributed by atoms with Crippen molar-refractivity contribution in [2.24, 2.45) is 0 Å². The normalized spacial score (nSPS) is 12.1. The van der Waals surface area contributed by atoms with Crippen LogP contribution in [0.3, 0.4) is 0 Å². The van der Waals surface area contributed by atoms with Crippen LogP contribution in [0.25, 0.3) is 76.7 Å². The maximum Gasteiger partial charge on any atom is 0.155 e. The van der Waals surface area contributed by atoms with Crippen LogP contribution in [0, 0.1) is 0 Å². The number of furan rings is 3. The number of hydrogen-bond donors (Lipinski definition) is 0. The van der Waals surface area contributed by atoms with Crippen molar-refractivity contribution in [3.63, 3.8) is 0 Å². The van der Waals surface area contributed by atoms with E-state index in [-0.39, 0.29) is 0 Å². The van der Waals surface area contributed by atoms with E-state index in [4.69, 9.17) is 18.2 Å². The average molecular weight is 567 g/mol. The molecule has 0 fully saturated rings. The fourth-order valence-corrected chi connectivity index (χ4v) is 6.60. The maximum atomic E-state index is 6.43. The summed E-state index contributed by atoms with van der Waals surface area (Å²) in [5, 5.41) is 7.62. The van der Waals surface area contributed by atoms with E-state index in [9.17, 15) is 0 Å². The largest absolute Gasteiger partial charge is 0.456 e. The van der Waals surface area contributed by atoms with Crippen LogP contribution in [0.2, 0.25) is 0 Å². The van der Waals surface area contributed by atoms with Gasteiger partial charge in [-0.2, -0.15) is 0 Å². The molecule has 0 aliphatic carbocycles. The summed E-state index contributed by atoms with van der Waals surface area (Å²) in [7, 11) is 0. The zero-order valence-corrected chi connectivity index (χ0v) is 23.3. The highest BCUT2D eigenvalue weighted by atomic mass is 16.3. The molecule has 0 spiro atoms. The lowest BCUT2D eigenvalue weighted by Crippen LogP contribution is -2.10.